The molecule has 0 aromatic heterocycles. The van der Waals surface area contributed by atoms with Crippen molar-refractivity contribution in [3.8, 4) is 5.75 Å². The van der Waals surface area contributed by atoms with Crippen molar-refractivity contribution in [2.45, 2.75) is 19.3 Å². The summed E-state index contributed by atoms with van der Waals surface area (Å²) in [5.74, 6) is 0.778. The first-order valence-corrected chi connectivity index (χ1v) is 10.7. The first-order valence-electron chi connectivity index (χ1n) is 10.7. The SMILES string of the molecule is COc1ccccc1N1CCN(C(=O)CCC(=O)N2CCC(c3ccccc3)=N2)CC1. The van der Waals surface area contributed by atoms with E-state index in [0.717, 1.165) is 42.2 Å². The van der Waals surface area contributed by atoms with Crippen LogP contribution in [0.1, 0.15) is 24.8 Å². The Morgan fingerprint density at radius 2 is 1.55 bits per heavy atom. The van der Waals surface area contributed by atoms with Crippen LogP contribution in [0, 0.1) is 0 Å². The summed E-state index contributed by atoms with van der Waals surface area (Å²) in [4.78, 5) is 29.3. The van der Waals surface area contributed by atoms with E-state index in [9.17, 15) is 9.59 Å². The maximum atomic E-state index is 12.6. The van der Waals surface area contributed by atoms with Crippen LogP contribution in [0.3, 0.4) is 0 Å². The highest BCUT2D eigenvalue weighted by molar-refractivity contribution is 6.02. The molecule has 4 rings (SSSR count). The van der Waals surface area contributed by atoms with E-state index >= 15 is 0 Å². The Bertz CT molecular complexity index is 952. The van der Waals surface area contributed by atoms with Crippen molar-refractivity contribution in [1.29, 1.82) is 0 Å². The molecule has 0 spiro atoms. The van der Waals surface area contributed by atoms with Gasteiger partial charge in [-0.2, -0.15) is 5.10 Å². The lowest BCUT2D eigenvalue weighted by molar-refractivity contribution is -0.137. The number of piperazine rings is 1. The third kappa shape index (κ3) is 4.87. The molecule has 0 radical (unpaired) electrons. The molecule has 0 atom stereocenters. The van der Waals surface area contributed by atoms with Crippen molar-refractivity contribution in [2.24, 2.45) is 5.10 Å². The van der Waals surface area contributed by atoms with Gasteiger partial charge in [-0.3, -0.25) is 9.59 Å². The largest absolute Gasteiger partial charge is 0.495 e. The number of amides is 2. The normalized spacial score (nSPS) is 16.3. The molecule has 2 aliphatic heterocycles. The van der Waals surface area contributed by atoms with Crippen LogP contribution in [0.5, 0.6) is 5.75 Å². The van der Waals surface area contributed by atoms with Crippen LogP contribution in [0.25, 0.3) is 0 Å². The molecule has 7 nitrogen and oxygen atoms in total. The number of hydrazone groups is 1. The molecule has 0 bridgehead atoms. The molecule has 162 valence electrons. The lowest BCUT2D eigenvalue weighted by atomic mass is 10.1. The van der Waals surface area contributed by atoms with Crippen molar-refractivity contribution >= 4 is 23.2 Å². The highest BCUT2D eigenvalue weighted by atomic mass is 16.5. The van der Waals surface area contributed by atoms with Gasteiger partial charge in [0.05, 0.1) is 25.1 Å². The fraction of sp³-hybridized carbons (Fsp3) is 0.375. The van der Waals surface area contributed by atoms with E-state index in [0.29, 0.717) is 19.6 Å². The molecule has 7 heteroatoms. The highest BCUT2D eigenvalue weighted by Crippen LogP contribution is 2.28. The third-order valence-electron chi connectivity index (χ3n) is 5.81. The van der Waals surface area contributed by atoms with E-state index in [2.05, 4.69) is 10.0 Å². The molecule has 0 unspecified atom stereocenters. The average molecular weight is 421 g/mol. The predicted molar refractivity (Wildman–Crippen MR) is 120 cm³/mol. The van der Waals surface area contributed by atoms with Gasteiger partial charge in [0.1, 0.15) is 5.75 Å². The minimum Gasteiger partial charge on any atom is -0.495 e. The van der Waals surface area contributed by atoms with E-state index < -0.39 is 0 Å². The predicted octanol–water partition coefficient (Wildman–Crippen LogP) is 2.76. The number of hydrogen-bond acceptors (Lipinski definition) is 5. The third-order valence-corrected chi connectivity index (χ3v) is 5.81. The zero-order chi connectivity index (χ0) is 21.6. The lowest BCUT2D eigenvalue weighted by Gasteiger charge is -2.36. The van der Waals surface area contributed by atoms with Crippen molar-refractivity contribution in [1.82, 2.24) is 9.91 Å². The number of carbonyl (C=O) groups excluding carboxylic acids is 2. The van der Waals surface area contributed by atoms with Gasteiger partial charge < -0.3 is 14.5 Å². The molecule has 0 N–H and O–H groups in total. The first-order chi connectivity index (χ1) is 15.2. The van der Waals surface area contributed by atoms with Gasteiger partial charge in [-0.05, 0) is 17.7 Å². The summed E-state index contributed by atoms with van der Waals surface area (Å²) >= 11 is 0. The summed E-state index contributed by atoms with van der Waals surface area (Å²) < 4.78 is 5.45. The van der Waals surface area contributed by atoms with Crippen LogP contribution in [0.4, 0.5) is 5.69 Å². The maximum Gasteiger partial charge on any atom is 0.243 e. The number of benzene rings is 2. The summed E-state index contributed by atoms with van der Waals surface area (Å²) in [5, 5.41) is 5.97. The van der Waals surface area contributed by atoms with E-state index in [-0.39, 0.29) is 24.7 Å². The Morgan fingerprint density at radius 3 is 2.29 bits per heavy atom. The number of ether oxygens (including phenoxy) is 1. The number of para-hydroxylation sites is 2. The monoisotopic (exact) mass is 420 g/mol. The van der Waals surface area contributed by atoms with Gasteiger partial charge in [-0.15, -0.1) is 0 Å². The summed E-state index contributed by atoms with van der Waals surface area (Å²) in [7, 11) is 1.67. The first kappa shape index (κ1) is 20.9. The Kier molecular flexibility index (Phi) is 6.50. The Labute approximate surface area is 182 Å². The quantitative estimate of drug-likeness (QED) is 0.721. The molecular weight excluding hydrogens is 392 g/mol. The maximum absolute atomic E-state index is 12.6. The molecule has 1 fully saturated rings. The smallest absolute Gasteiger partial charge is 0.243 e. The van der Waals surface area contributed by atoms with Gasteiger partial charge in [-0.1, -0.05) is 42.5 Å². The second-order valence-corrected chi connectivity index (χ2v) is 7.72. The highest BCUT2D eigenvalue weighted by Gasteiger charge is 2.25. The molecule has 0 saturated carbocycles. The van der Waals surface area contributed by atoms with Gasteiger partial charge >= 0.3 is 0 Å². The van der Waals surface area contributed by atoms with Crippen molar-refractivity contribution < 1.29 is 14.3 Å². The second-order valence-electron chi connectivity index (χ2n) is 7.72. The molecule has 2 aromatic carbocycles. The van der Waals surface area contributed by atoms with Crippen molar-refractivity contribution in [2.75, 3.05) is 44.7 Å². The number of rotatable bonds is 6. The average Bonchev–Trinajstić information content (AvgIpc) is 3.33. The molecule has 2 aromatic rings. The minimum absolute atomic E-state index is 0.0273. The molecule has 0 aliphatic carbocycles. The van der Waals surface area contributed by atoms with E-state index in [1.165, 1.54) is 5.01 Å². The van der Waals surface area contributed by atoms with Crippen LogP contribution in [-0.4, -0.2) is 67.3 Å². The lowest BCUT2D eigenvalue weighted by Crippen LogP contribution is -2.49. The summed E-state index contributed by atoms with van der Waals surface area (Å²) in [6.07, 6.45) is 1.16. The van der Waals surface area contributed by atoms with Gasteiger partial charge in [-0.25, -0.2) is 5.01 Å². The second kappa shape index (κ2) is 9.64. The Morgan fingerprint density at radius 1 is 0.871 bits per heavy atom. The van der Waals surface area contributed by atoms with Crippen LogP contribution in [-0.2, 0) is 9.59 Å². The standard InChI is InChI=1S/C24H28N4O3/c1-31-22-10-6-5-9-21(22)26-15-17-27(18-16-26)23(29)11-12-24(30)28-14-13-20(25-28)19-7-3-2-4-8-19/h2-10H,11-18H2,1H3. The zero-order valence-corrected chi connectivity index (χ0v) is 17.9. The van der Waals surface area contributed by atoms with E-state index in [1.807, 2.05) is 59.5 Å². The van der Waals surface area contributed by atoms with Gasteiger partial charge in [0.25, 0.3) is 0 Å². The van der Waals surface area contributed by atoms with E-state index in [1.54, 1.807) is 7.11 Å². The van der Waals surface area contributed by atoms with Crippen molar-refractivity contribution in [3.63, 3.8) is 0 Å². The molecule has 2 amide bonds. The van der Waals surface area contributed by atoms with Crippen LogP contribution in [0.2, 0.25) is 0 Å². The van der Waals surface area contributed by atoms with Crippen molar-refractivity contribution in [3.05, 3.63) is 60.2 Å². The number of carbonyl (C=O) groups is 2. The Hall–Kier alpha value is -3.35. The van der Waals surface area contributed by atoms with Crippen LogP contribution < -0.4 is 9.64 Å². The van der Waals surface area contributed by atoms with Crippen LogP contribution >= 0.6 is 0 Å². The molecule has 31 heavy (non-hydrogen) atoms. The van der Waals surface area contributed by atoms with Crippen LogP contribution in [0.15, 0.2) is 59.7 Å². The number of hydrogen-bond donors (Lipinski definition) is 0. The molecule has 2 heterocycles. The molecule has 2 aliphatic rings. The van der Waals surface area contributed by atoms with Gasteiger partial charge in [0.15, 0.2) is 0 Å². The fourth-order valence-electron chi connectivity index (χ4n) is 4.06. The molecule has 1 saturated heterocycles. The Balaban J connectivity index is 1.25. The number of anilines is 1. The minimum atomic E-state index is -0.0908. The number of methoxy groups -OCH3 is 1. The molecular formula is C24H28N4O3. The fourth-order valence-corrected chi connectivity index (χ4v) is 4.06. The number of nitrogens with zero attached hydrogens (tertiary/aromatic N) is 4. The van der Waals surface area contributed by atoms with E-state index in [4.69, 9.17) is 4.74 Å². The zero-order valence-electron chi connectivity index (χ0n) is 17.9. The summed E-state index contributed by atoms with van der Waals surface area (Å²) in [6, 6.07) is 17.8. The summed E-state index contributed by atoms with van der Waals surface area (Å²) in [5.41, 5.74) is 3.02. The van der Waals surface area contributed by atoms with Gasteiger partial charge in [0.2, 0.25) is 11.8 Å². The topological polar surface area (TPSA) is 65.5 Å². The summed E-state index contributed by atoms with van der Waals surface area (Å²) in [6.45, 7) is 3.36. The van der Waals surface area contributed by atoms with Gasteiger partial charge in [0, 0.05) is 45.4 Å².